The Hall–Kier alpha value is -3.06. The molecule has 1 amide bonds. The van der Waals surface area contributed by atoms with Gasteiger partial charge in [0.1, 0.15) is 17.4 Å². The van der Waals surface area contributed by atoms with Gasteiger partial charge in [0, 0.05) is 18.0 Å². The summed E-state index contributed by atoms with van der Waals surface area (Å²) in [6.45, 7) is -0.366. The number of phenolic OH excluding ortho intramolecular Hbond substituents is 1. The van der Waals surface area contributed by atoms with E-state index in [1.54, 1.807) is 0 Å². The Balaban J connectivity index is 1.72. The van der Waals surface area contributed by atoms with Crippen molar-refractivity contribution in [2.75, 3.05) is 13.7 Å². The van der Waals surface area contributed by atoms with Crippen molar-refractivity contribution in [2.24, 2.45) is 0 Å². The summed E-state index contributed by atoms with van der Waals surface area (Å²) in [6, 6.07) is 10.6. The number of amides is 1. The Morgan fingerprint density at radius 1 is 1.18 bits per heavy atom. The first kappa shape index (κ1) is 19.7. The van der Waals surface area contributed by atoms with Crippen molar-refractivity contribution >= 4 is 29.4 Å². The smallest absolute Gasteiger partial charge is 0.342 e. The maximum Gasteiger partial charge on any atom is 0.342 e. The minimum atomic E-state index is -0.866. The van der Waals surface area contributed by atoms with E-state index in [1.165, 1.54) is 30.2 Å². The maximum atomic E-state index is 12.7. The van der Waals surface area contributed by atoms with Crippen molar-refractivity contribution in [3.8, 4) is 5.75 Å². The largest absolute Gasteiger partial charge is 0.507 e. The Morgan fingerprint density at radius 2 is 1.89 bits per heavy atom. The summed E-state index contributed by atoms with van der Waals surface area (Å²) in [7, 11) is 1.26. The third-order valence-corrected chi connectivity index (χ3v) is 4.78. The van der Waals surface area contributed by atoms with E-state index in [1.807, 2.05) is 24.3 Å². The lowest BCUT2D eigenvalue weighted by Crippen LogP contribution is -2.50. The monoisotopic (exact) mass is 403 g/mol. The summed E-state index contributed by atoms with van der Waals surface area (Å²) in [4.78, 5) is 38.3. The average molecular weight is 404 g/mol. The van der Waals surface area contributed by atoms with Gasteiger partial charge in [-0.1, -0.05) is 35.9 Å². The molecular formula is C20H18ClNO6. The summed E-state index contributed by atoms with van der Waals surface area (Å²) in [5.41, 5.74) is 1.77. The first-order valence-corrected chi connectivity index (χ1v) is 8.88. The molecule has 0 saturated heterocycles. The summed E-state index contributed by atoms with van der Waals surface area (Å²) in [5.74, 6) is -2.28. The van der Waals surface area contributed by atoms with E-state index in [4.69, 9.17) is 21.1 Å². The zero-order chi connectivity index (χ0) is 20.3. The summed E-state index contributed by atoms with van der Waals surface area (Å²) >= 11 is 5.73. The van der Waals surface area contributed by atoms with Crippen molar-refractivity contribution in [1.29, 1.82) is 0 Å². The molecule has 0 radical (unpaired) electrons. The van der Waals surface area contributed by atoms with Crippen LogP contribution in [-0.2, 0) is 32.0 Å². The zero-order valence-electron chi connectivity index (χ0n) is 15.1. The summed E-state index contributed by atoms with van der Waals surface area (Å²) in [6.07, 6.45) is 0.320. The van der Waals surface area contributed by atoms with Gasteiger partial charge >= 0.3 is 11.9 Å². The summed E-state index contributed by atoms with van der Waals surface area (Å²) in [5, 5.41) is 10.1. The number of carbonyl (C=O) groups is 3. The molecule has 8 heteroatoms. The molecule has 0 aliphatic carbocycles. The second-order valence-corrected chi connectivity index (χ2v) is 6.71. The molecule has 3 rings (SSSR count). The van der Waals surface area contributed by atoms with Crippen LogP contribution >= 0.6 is 11.6 Å². The highest BCUT2D eigenvalue weighted by molar-refractivity contribution is 6.30. The molecule has 0 saturated carbocycles. The number of nitrogens with zero attached hydrogens (tertiary/aromatic N) is 1. The van der Waals surface area contributed by atoms with Crippen LogP contribution in [0.2, 0.25) is 5.02 Å². The van der Waals surface area contributed by atoms with Crippen molar-refractivity contribution in [1.82, 2.24) is 4.90 Å². The minimum absolute atomic E-state index is 0.106. The molecule has 2 aromatic carbocycles. The van der Waals surface area contributed by atoms with Gasteiger partial charge in [-0.05, 0) is 29.3 Å². The van der Waals surface area contributed by atoms with Gasteiger partial charge in [0.25, 0.3) is 5.91 Å². The predicted octanol–water partition coefficient (Wildman–Crippen LogP) is 2.33. The van der Waals surface area contributed by atoms with Gasteiger partial charge in [-0.25, -0.2) is 9.59 Å². The van der Waals surface area contributed by atoms with Crippen LogP contribution in [0.25, 0.3) is 0 Å². The first-order chi connectivity index (χ1) is 13.4. The van der Waals surface area contributed by atoms with Gasteiger partial charge < -0.3 is 19.5 Å². The fourth-order valence-electron chi connectivity index (χ4n) is 3.10. The van der Waals surface area contributed by atoms with Gasteiger partial charge in [-0.2, -0.15) is 0 Å². The highest BCUT2D eigenvalue weighted by atomic mass is 35.5. The van der Waals surface area contributed by atoms with E-state index >= 15 is 0 Å². The molecule has 146 valence electrons. The lowest BCUT2D eigenvalue weighted by atomic mass is 9.94. The van der Waals surface area contributed by atoms with E-state index in [-0.39, 0.29) is 22.9 Å². The molecule has 1 N–H and O–H groups in total. The number of methoxy groups -OCH3 is 1. The molecule has 0 unspecified atom stereocenters. The normalized spacial score (nSPS) is 15.5. The number of hydrogen-bond acceptors (Lipinski definition) is 6. The van der Waals surface area contributed by atoms with Gasteiger partial charge in [0.05, 0.1) is 7.11 Å². The van der Waals surface area contributed by atoms with E-state index in [9.17, 15) is 19.5 Å². The number of benzene rings is 2. The predicted molar refractivity (Wildman–Crippen MR) is 99.9 cm³/mol. The van der Waals surface area contributed by atoms with Crippen LogP contribution in [0.4, 0.5) is 0 Å². The van der Waals surface area contributed by atoms with Crippen LogP contribution in [0.3, 0.4) is 0 Å². The van der Waals surface area contributed by atoms with Crippen LogP contribution in [0, 0.1) is 0 Å². The molecule has 0 aromatic heterocycles. The number of phenols is 1. The summed E-state index contributed by atoms with van der Waals surface area (Å²) < 4.78 is 9.85. The average Bonchev–Trinajstić information content (AvgIpc) is 2.70. The highest BCUT2D eigenvalue weighted by Crippen LogP contribution is 2.25. The van der Waals surface area contributed by atoms with Crippen LogP contribution < -0.4 is 0 Å². The Labute approximate surface area is 166 Å². The van der Waals surface area contributed by atoms with Crippen LogP contribution in [0.15, 0.2) is 42.5 Å². The number of carbonyl (C=O) groups excluding carboxylic acids is 3. The molecule has 2 aromatic rings. The van der Waals surface area contributed by atoms with E-state index < -0.39 is 30.5 Å². The lowest BCUT2D eigenvalue weighted by molar-refractivity contribution is -0.155. The van der Waals surface area contributed by atoms with Crippen LogP contribution in [-0.4, -0.2) is 47.6 Å². The first-order valence-electron chi connectivity index (χ1n) is 8.50. The molecule has 0 fully saturated rings. The number of hydrogen-bond donors (Lipinski definition) is 1. The molecule has 0 bridgehead atoms. The fraction of sp³-hybridized carbons (Fsp3) is 0.250. The van der Waals surface area contributed by atoms with Gasteiger partial charge in [-0.3, -0.25) is 4.79 Å². The Morgan fingerprint density at radius 3 is 2.57 bits per heavy atom. The topological polar surface area (TPSA) is 93.1 Å². The van der Waals surface area contributed by atoms with Crippen LogP contribution in [0.5, 0.6) is 5.75 Å². The molecule has 1 atom stereocenters. The molecular weight excluding hydrogens is 386 g/mol. The molecule has 1 aliphatic heterocycles. The number of rotatable bonds is 4. The number of halogens is 1. The van der Waals surface area contributed by atoms with Crippen molar-refractivity contribution in [3.05, 3.63) is 64.2 Å². The lowest BCUT2D eigenvalue weighted by Gasteiger charge is -2.35. The van der Waals surface area contributed by atoms with Crippen molar-refractivity contribution < 1.29 is 29.0 Å². The van der Waals surface area contributed by atoms with E-state index in [0.717, 1.165) is 11.1 Å². The standard InChI is InChI=1S/C20H18ClNO6/c1-27-20(26)16-8-12-4-2-3-5-13(12)10-22(16)18(24)11-28-19(25)15-7-6-14(21)9-17(15)23/h2-7,9,16,23H,8,10-11H2,1H3/t16-/m0/s1. The van der Waals surface area contributed by atoms with Gasteiger partial charge in [0.2, 0.25) is 0 Å². The Bertz CT molecular complexity index is 929. The molecule has 28 heavy (non-hydrogen) atoms. The second kappa shape index (κ2) is 8.31. The number of ether oxygens (including phenoxy) is 2. The van der Waals surface area contributed by atoms with Crippen LogP contribution in [0.1, 0.15) is 21.5 Å². The van der Waals surface area contributed by atoms with E-state index in [0.29, 0.717) is 6.42 Å². The maximum absolute atomic E-state index is 12.7. The van der Waals surface area contributed by atoms with Gasteiger partial charge in [-0.15, -0.1) is 0 Å². The van der Waals surface area contributed by atoms with E-state index in [2.05, 4.69) is 0 Å². The molecule has 7 nitrogen and oxygen atoms in total. The van der Waals surface area contributed by atoms with Crippen molar-refractivity contribution in [3.63, 3.8) is 0 Å². The molecule has 1 aliphatic rings. The molecule has 0 spiro atoms. The highest BCUT2D eigenvalue weighted by Gasteiger charge is 2.35. The Kier molecular flexibility index (Phi) is 5.84. The fourth-order valence-corrected chi connectivity index (χ4v) is 3.26. The van der Waals surface area contributed by atoms with Gasteiger partial charge in [0.15, 0.2) is 6.61 Å². The number of esters is 2. The zero-order valence-corrected chi connectivity index (χ0v) is 15.8. The SMILES string of the molecule is COC(=O)[C@@H]1Cc2ccccc2CN1C(=O)COC(=O)c1ccc(Cl)cc1O. The third kappa shape index (κ3) is 4.09. The minimum Gasteiger partial charge on any atom is -0.507 e. The van der Waals surface area contributed by atoms with Crippen molar-refractivity contribution in [2.45, 2.75) is 19.0 Å². The quantitative estimate of drug-likeness (QED) is 0.787. The second-order valence-electron chi connectivity index (χ2n) is 6.27. The number of fused-ring (bicyclic) bond motifs is 1. The number of aromatic hydroxyl groups is 1. The third-order valence-electron chi connectivity index (χ3n) is 4.55. The molecule has 1 heterocycles.